The number of primary amides is 1. The minimum absolute atomic E-state index is 0.177. The molecule has 0 atom stereocenters. The maximum atomic E-state index is 11.8. The number of carbonyl (C=O) groups excluding carboxylic acids is 1. The molecule has 2 N–H and O–H groups in total. The lowest BCUT2D eigenvalue weighted by molar-refractivity contribution is 0.0988. The van der Waals surface area contributed by atoms with Crippen LogP contribution >= 0.6 is 0 Å². The molecule has 3 aromatic heterocycles. The van der Waals surface area contributed by atoms with E-state index in [9.17, 15) is 4.79 Å². The molecular weight excluding hydrogens is 380 g/mol. The molecule has 0 spiro atoms. The van der Waals surface area contributed by atoms with E-state index in [4.69, 9.17) is 5.73 Å². The zero-order chi connectivity index (χ0) is 21.0. The fourth-order valence-electron chi connectivity index (χ4n) is 4.09. The summed E-state index contributed by atoms with van der Waals surface area (Å²) in [6.07, 6.45) is 2.74. The number of nitrogens with zero attached hydrogens (tertiary/aromatic N) is 7. The van der Waals surface area contributed by atoms with Crippen LogP contribution in [0.4, 0.5) is 5.82 Å². The molecule has 0 bridgehead atoms. The predicted octanol–water partition coefficient (Wildman–Crippen LogP) is 1.83. The van der Waals surface area contributed by atoms with Crippen LogP contribution in [0, 0.1) is 13.8 Å². The van der Waals surface area contributed by atoms with E-state index in [1.165, 1.54) is 11.3 Å². The first-order chi connectivity index (χ1) is 14.4. The van der Waals surface area contributed by atoms with Gasteiger partial charge in [-0.1, -0.05) is 12.1 Å². The monoisotopic (exact) mass is 402 g/mol. The molecule has 4 heterocycles. The van der Waals surface area contributed by atoms with Gasteiger partial charge in [0.2, 0.25) is 5.82 Å². The van der Waals surface area contributed by atoms with E-state index in [1.807, 2.05) is 23.9 Å². The summed E-state index contributed by atoms with van der Waals surface area (Å²) in [6, 6.07) is 8.34. The van der Waals surface area contributed by atoms with Gasteiger partial charge < -0.3 is 15.2 Å². The molecule has 0 aliphatic carbocycles. The summed E-state index contributed by atoms with van der Waals surface area (Å²) >= 11 is 0. The molecule has 4 aromatic rings. The Kier molecular flexibility index (Phi) is 4.05. The summed E-state index contributed by atoms with van der Waals surface area (Å²) in [6.45, 7) is 5.34. The van der Waals surface area contributed by atoms with Crippen molar-refractivity contribution >= 4 is 22.9 Å². The summed E-state index contributed by atoms with van der Waals surface area (Å²) in [5.74, 6) is 0.933. The first kappa shape index (κ1) is 18.3. The van der Waals surface area contributed by atoms with Crippen molar-refractivity contribution in [3.8, 4) is 5.69 Å². The number of hydrogen-bond donors (Lipinski definition) is 1. The van der Waals surface area contributed by atoms with Gasteiger partial charge in [-0.15, -0.1) is 0 Å². The number of nitrogens with two attached hydrogens (primary N) is 1. The number of hydrogen-bond acceptors (Lipinski definition) is 6. The molecule has 9 nitrogen and oxygen atoms in total. The van der Waals surface area contributed by atoms with Gasteiger partial charge >= 0.3 is 0 Å². The molecule has 152 valence electrons. The third-order valence-corrected chi connectivity index (χ3v) is 5.51. The zero-order valence-corrected chi connectivity index (χ0v) is 17.1. The third-order valence-electron chi connectivity index (χ3n) is 5.51. The van der Waals surface area contributed by atoms with Crippen LogP contribution < -0.4 is 10.6 Å². The molecule has 1 aliphatic rings. The Hall–Kier alpha value is -3.75. The highest BCUT2D eigenvalue weighted by atomic mass is 16.1. The van der Waals surface area contributed by atoms with E-state index in [0.29, 0.717) is 23.5 Å². The number of rotatable bonds is 3. The van der Waals surface area contributed by atoms with Crippen molar-refractivity contribution in [1.29, 1.82) is 0 Å². The molecule has 9 heteroatoms. The molecule has 0 saturated carbocycles. The van der Waals surface area contributed by atoms with E-state index in [1.54, 1.807) is 11.6 Å². The molecule has 1 aliphatic heterocycles. The number of fused-ring (bicyclic) bond motifs is 2. The number of amides is 1. The Balaban J connectivity index is 1.55. The van der Waals surface area contributed by atoms with Gasteiger partial charge in [-0.25, -0.2) is 19.6 Å². The third kappa shape index (κ3) is 2.81. The van der Waals surface area contributed by atoms with Crippen molar-refractivity contribution < 1.29 is 4.79 Å². The van der Waals surface area contributed by atoms with Crippen molar-refractivity contribution in [3.63, 3.8) is 0 Å². The number of anilines is 1. The second-order valence-electron chi connectivity index (χ2n) is 7.66. The van der Waals surface area contributed by atoms with Crippen molar-refractivity contribution in [2.75, 3.05) is 11.4 Å². The molecule has 0 radical (unpaired) electrons. The van der Waals surface area contributed by atoms with Crippen molar-refractivity contribution in [2.45, 2.75) is 26.8 Å². The van der Waals surface area contributed by atoms with Crippen LogP contribution in [0.1, 0.15) is 33.3 Å². The van der Waals surface area contributed by atoms with Gasteiger partial charge in [0.15, 0.2) is 17.0 Å². The summed E-state index contributed by atoms with van der Waals surface area (Å²) in [4.78, 5) is 27.5. The van der Waals surface area contributed by atoms with Gasteiger partial charge in [0.1, 0.15) is 5.82 Å². The van der Waals surface area contributed by atoms with E-state index in [2.05, 4.69) is 50.1 Å². The van der Waals surface area contributed by atoms with Crippen LogP contribution in [0.5, 0.6) is 0 Å². The molecule has 30 heavy (non-hydrogen) atoms. The number of carbonyl (C=O) groups is 1. The Labute approximate surface area is 173 Å². The Morgan fingerprint density at radius 3 is 2.77 bits per heavy atom. The Morgan fingerprint density at radius 2 is 2.00 bits per heavy atom. The van der Waals surface area contributed by atoms with Gasteiger partial charge in [0, 0.05) is 32.1 Å². The largest absolute Gasteiger partial charge is 0.363 e. The molecule has 1 aromatic carbocycles. The molecule has 0 saturated heterocycles. The minimum atomic E-state index is -0.584. The van der Waals surface area contributed by atoms with Crippen molar-refractivity contribution in [2.24, 2.45) is 12.8 Å². The Morgan fingerprint density at radius 1 is 1.17 bits per heavy atom. The number of imidazole rings is 1. The summed E-state index contributed by atoms with van der Waals surface area (Å²) in [5.41, 5.74) is 11.3. The van der Waals surface area contributed by atoms with E-state index in [0.717, 1.165) is 30.0 Å². The highest BCUT2D eigenvalue weighted by Gasteiger charge is 2.26. The van der Waals surface area contributed by atoms with Crippen LogP contribution in [0.25, 0.3) is 16.9 Å². The molecule has 0 fully saturated rings. The zero-order valence-electron chi connectivity index (χ0n) is 17.1. The molecule has 5 rings (SSSR count). The average molecular weight is 402 g/mol. The maximum Gasteiger partial charge on any atom is 0.284 e. The Bertz CT molecular complexity index is 1300. The summed E-state index contributed by atoms with van der Waals surface area (Å²) in [5, 5.41) is 4.63. The van der Waals surface area contributed by atoms with E-state index < -0.39 is 5.91 Å². The second kappa shape index (κ2) is 6.65. The summed E-state index contributed by atoms with van der Waals surface area (Å²) < 4.78 is 3.65. The van der Waals surface area contributed by atoms with Crippen molar-refractivity contribution in [3.05, 3.63) is 58.9 Å². The fourth-order valence-corrected chi connectivity index (χ4v) is 4.09. The van der Waals surface area contributed by atoms with Gasteiger partial charge in [0.05, 0.1) is 17.6 Å². The normalized spacial score (nSPS) is 13.6. The lowest BCUT2D eigenvalue weighted by atomic mass is 10.1. The van der Waals surface area contributed by atoms with Gasteiger partial charge in [-0.2, -0.15) is 5.10 Å². The lowest BCUT2D eigenvalue weighted by Gasteiger charge is -2.28. The standard InChI is InChI=1S/C21H22N8O/c1-12-5-4-6-15(9-12)29-16-7-8-28(11-14(16)10-23-29)20-17-19(24-13(2)25-20)27(3)21(26-17)18(22)30/h4-6,9-10H,7-8,11H2,1-3H3,(H2,22,30). The molecular formula is C21H22N8O. The number of aromatic nitrogens is 6. The fraction of sp³-hybridized carbons (Fsp3) is 0.286. The maximum absolute atomic E-state index is 11.8. The smallest absolute Gasteiger partial charge is 0.284 e. The van der Waals surface area contributed by atoms with Crippen LogP contribution in [0.2, 0.25) is 0 Å². The van der Waals surface area contributed by atoms with Crippen LogP contribution in [-0.2, 0) is 20.0 Å². The molecule has 1 amide bonds. The lowest BCUT2D eigenvalue weighted by Crippen LogP contribution is -2.32. The highest BCUT2D eigenvalue weighted by Crippen LogP contribution is 2.29. The van der Waals surface area contributed by atoms with E-state index in [-0.39, 0.29) is 5.82 Å². The van der Waals surface area contributed by atoms with Gasteiger partial charge in [-0.05, 0) is 31.5 Å². The highest BCUT2D eigenvalue weighted by molar-refractivity contribution is 5.95. The van der Waals surface area contributed by atoms with Crippen molar-refractivity contribution in [1.82, 2.24) is 29.3 Å². The number of benzene rings is 1. The van der Waals surface area contributed by atoms with Gasteiger partial charge in [0.25, 0.3) is 5.91 Å². The predicted molar refractivity (Wildman–Crippen MR) is 113 cm³/mol. The van der Waals surface area contributed by atoms with Crippen LogP contribution in [0.15, 0.2) is 30.5 Å². The topological polar surface area (TPSA) is 108 Å². The number of aryl methyl sites for hydroxylation is 3. The first-order valence-electron chi connectivity index (χ1n) is 9.81. The van der Waals surface area contributed by atoms with Gasteiger partial charge in [-0.3, -0.25) is 4.79 Å². The minimum Gasteiger partial charge on any atom is -0.363 e. The SMILES string of the molecule is Cc1cccc(-n2ncc3c2CCN(c2nc(C)nc4c2nc(C(N)=O)n4C)C3)c1. The van der Waals surface area contributed by atoms with Crippen LogP contribution in [-0.4, -0.2) is 41.8 Å². The summed E-state index contributed by atoms with van der Waals surface area (Å²) in [7, 11) is 1.74. The quantitative estimate of drug-likeness (QED) is 0.560. The second-order valence-corrected chi connectivity index (χ2v) is 7.66. The van der Waals surface area contributed by atoms with E-state index >= 15 is 0 Å². The first-order valence-corrected chi connectivity index (χ1v) is 9.81. The van der Waals surface area contributed by atoms with Crippen LogP contribution in [0.3, 0.4) is 0 Å². The average Bonchev–Trinajstić information content (AvgIpc) is 3.28. The molecule has 0 unspecified atom stereocenters.